The van der Waals surface area contributed by atoms with E-state index in [-0.39, 0.29) is 5.91 Å². The summed E-state index contributed by atoms with van der Waals surface area (Å²) < 4.78 is 1.77. The molecule has 0 aliphatic rings. The number of carbonyl (C=O) groups excluding carboxylic acids is 1. The third-order valence-corrected chi connectivity index (χ3v) is 4.70. The quantitative estimate of drug-likeness (QED) is 0.519. The number of benzene rings is 2. The highest BCUT2D eigenvalue weighted by Crippen LogP contribution is 2.23. The van der Waals surface area contributed by atoms with Crippen LogP contribution in [-0.4, -0.2) is 20.7 Å². The monoisotopic (exact) mass is 372 g/mol. The lowest BCUT2D eigenvalue weighted by molar-refractivity contribution is -0.111. The van der Waals surface area contributed by atoms with Crippen LogP contribution in [0.15, 0.2) is 84.6 Å². The van der Waals surface area contributed by atoms with E-state index in [0.29, 0.717) is 0 Å². The predicted octanol–water partition coefficient (Wildman–Crippen LogP) is 4.65. The molecule has 4 rings (SSSR count). The Kier molecular flexibility index (Phi) is 4.89. The van der Waals surface area contributed by atoms with E-state index in [0.717, 1.165) is 27.5 Å². The molecule has 0 atom stereocenters. The van der Waals surface area contributed by atoms with Gasteiger partial charge in [0, 0.05) is 40.7 Å². The van der Waals surface area contributed by atoms with Gasteiger partial charge in [-0.1, -0.05) is 18.2 Å². The molecule has 0 radical (unpaired) electrons. The first-order valence-corrected chi connectivity index (χ1v) is 9.25. The normalized spacial score (nSPS) is 11.0. The van der Waals surface area contributed by atoms with Crippen molar-refractivity contribution >= 4 is 29.0 Å². The van der Waals surface area contributed by atoms with Crippen molar-refractivity contribution in [3.63, 3.8) is 0 Å². The first-order chi connectivity index (χ1) is 13.3. The highest BCUT2D eigenvalue weighted by Gasteiger charge is 2.03. The molecule has 0 aliphatic heterocycles. The topological polar surface area (TPSA) is 59.8 Å². The van der Waals surface area contributed by atoms with Crippen LogP contribution >= 0.6 is 11.3 Å². The summed E-state index contributed by atoms with van der Waals surface area (Å²) in [6.07, 6.45) is 8.62. The van der Waals surface area contributed by atoms with Crippen LogP contribution in [0, 0.1) is 0 Å². The minimum Gasteiger partial charge on any atom is -0.323 e. The Hall–Kier alpha value is -3.51. The third-order valence-electron chi connectivity index (χ3n) is 3.88. The maximum atomic E-state index is 12.1. The Labute approximate surface area is 160 Å². The van der Waals surface area contributed by atoms with Gasteiger partial charge in [-0.3, -0.25) is 4.79 Å². The van der Waals surface area contributed by atoms with Gasteiger partial charge in [0.15, 0.2) is 0 Å². The van der Waals surface area contributed by atoms with Gasteiger partial charge >= 0.3 is 0 Å². The van der Waals surface area contributed by atoms with Crippen LogP contribution < -0.4 is 5.32 Å². The molecule has 0 fully saturated rings. The first kappa shape index (κ1) is 16.9. The summed E-state index contributed by atoms with van der Waals surface area (Å²) in [5.41, 5.74) is 3.60. The van der Waals surface area contributed by atoms with Gasteiger partial charge in [0.25, 0.3) is 0 Å². The fraction of sp³-hybridized carbons (Fsp3) is 0. The number of carbonyl (C=O) groups is 1. The number of amides is 1. The van der Waals surface area contributed by atoms with E-state index >= 15 is 0 Å². The van der Waals surface area contributed by atoms with Gasteiger partial charge in [0.1, 0.15) is 5.01 Å². The number of aromatic nitrogens is 3. The number of hydrogen-bond acceptors (Lipinski definition) is 4. The van der Waals surface area contributed by atoms with E-state index in [2.05, 4.69) is 15.4 Å². The van der Waals surface area contributed by atoms with Crippen LogP contribution in [-0.2, 0) is 4.79 Å². The molecule has 4 aromatic rings. The van der Waals surface area contributed by atoms with Crippen LogP contribution in [0.25, 0.3) is 22.3 Å². The summed E-state index contributed by atoms with van der Waals surface area (Å²) in [6.45, 7) is 0. The SMILES string of the molecule is O=C(/C=C/c1cnn(-c2ccccc2)c1)Nc1ccc(-c2nccs2)cc1. The van der Waals surface area contributed by atoms with Gasteiger partial charge in [0.2, 0.25) is 5.91 Å². The van der Waals surface area contributed by atoms with Crippen LogP contribution in [0.1, 0.15) is 5.56 Å². The largest absolute Gasteiger partial charge is 0.323 e. The number of para-hydroxylation sites is 1. The van der Waals surface area contributed by atoms with Crippen LogP contribution in [0.5, 0.6) is 0 Å². The summed E-state index contributed by atoms with van der Waals surface area (Å²) in [4.78, 5) is 16.4. The fourth-order valence-corrected chi connectivity index (χ4v) is 3.21. The van der Waals surface area contributed by atoms with E-state index in [1.807, 2.05) is 66.2 Å². The van der Waals surface area contributed by atoms with Crippen LogP contribution in [0.2, 0.25) is 0 Å². The minimum absolute atomic E-state index is 0.190. The molecule has 0 bridgehead atoms. The second kappa shape index (κ2) is 7.80. The highest BCUT2D eigenvalue weighted by molar-refractivity contribution is 7.13. The summed E-state index contributed by atoms with van der Waals surface area (Å²) in [7, 11) is 0. The van der Waals surface area contributed by atoms with E-state index in [1.54, 1.807) is 34.5 Å². The second-order valence-electron chi connectivity index (χ2n) is 5.79. The number of hydrogen-bond donors (Lipinski definition) is 1. The molecule has 6 heteroatoms. The van der Waals surface area contributed by atoms with E-state index in [9.17, 15) is 4.79 Å². The average Bonchev–Trinajstić information content (AvgIpc) is 3.40. The standard InChI is InChI=1S/C21H16N4OS/c26-20(24-18-9-7-17(8-10-18)21-22-12-13-27-21)11-6-16-14-23-25(15-16)19-4-2-1-3-5-19/h1-15H,(H,24,26)/b11-6+. The van der Waals surface area contributed by atoms with Gasteiger partial charge in [0.05, 0.1) is 11.9 Å². The molecule has 2 aromatic carbocycles. The van der Waals surface area contributed by atoms with Gasteiger partial charge < -0.3 is 5.32 Å². The highest BCUT2D eigenvalue weighted by atomic mass is 32.1. The molecule has 132 valence electrons. The predicted molar refractivity (Wildman–Crippen MR) is 109 cm³/mol. The van der Waals surface area contributed by atoms with Crippen molar-refractivity contribution in [2.24, 2.45) is 0 Å². The molecule has 0 unspecified atom stereocenters. The smallest absolute Gasteiger partial charge is 0.248 e. The zero-order valence-electron chi connectivity index (χ0n) is 14.3. The molecular formula is C21H16N4OS. The molecule has 27 heavy (non-hydrogen) atoms. The molecule has 1 N–H and O–H groups in total. The Morgan fingerprint density at radius 1 is 1.07 bits per heavy atom. The Morgan fingerprint density at radius 2 is 1.89 bits per heavy atom. The van der Waals surface area contributed by atoms with Crippen molar-refractivity contribution < 1.29 is 4.79 Å². The number of rotatable bonds is 5. The average molecular weight is 372 g/mol. The van der Waals surface area contributed by atoms with E-state index in [4.69, 9.17) is 0 Å². The maximum Gasteiger partial charge on any atom is 0.248 e. The molecule has 2 aromatic heterocycles. The molecule has 0 spiro atoms. The lowest BCUT2D eigenvalue weighted by Crippen LogP contribution is -2.07. The van der Waals surface area contributed by atoms with Crippen LogP contribution in [0.3, 0.4) is 0 Å². The van der Waals surface area contributed by atoms with Gasteiger partial charge in [-0.15, -0.1) is 11.3 Å². The number of thiazole rings is 1. The minimum atomic E-state index is -0.190. The van der Waals surface area contributed by atoms with Crippen molar-refractivity contribution in [3.05, 3.63) is 90.2 Å². The van der Waals surface area contributed by atoms with Gasteiger partial charge in [-0.2, -0.15) is 5.10 Å². The number of nitrogens with one attached hydrogen (secondary N) is 1. The molecule has 2 heterocycles. The molecule has 0 aliphatic carbocycles. The van der Waals surface area contributed by atoms with Crippen molar-refractivity contribution in [3.8, 4) is 16.3 Å². The third kappa shape index (κ3) is 4.19. The molecule has 0 saturated carbocycles. The Bertz CT molecular complexity index is 1050. The van der Waals surface area contributed by atoms with E-state index in [1.165, 1.54) is 6.08 Å². The molecule has 1 amide bonds. The lowest BCUT2D eigenvalue weighted by atomic mass is 10.2. The van der Waals surface area contributed by atoms with Gasteiger partial charge in [-0.25, -0.2) is 9.67 Å². The Balaban J connectivity index is 1.38. The van der Waals surface area contributed by atoms with Crippen molar-refractivity contribution in [2.45, 2.75) is 0 Å². The first-order valence-electron chi connectivity index (χ1n) is 8.37. The van der Waals surface area contributed by atoms with Crippen molar-refractivity contribution in [1.82, 2.24) is 14.8 Å². The fourth-order valence-electron chi connectivity index (χ4n) is 2.56. The molecule has 5 nitrogen and oxygen atoms in total. The van der Waals surface area contributed by atoms with Crippen LogP contribution in [0.4, 0.5) is 5.69 Å². The zero-order chi connectivity index (χ0) is 18.5. The summed E-state index contributed by atoms with van der Waals surface area (Å²) >= 11 is 1.58. The number of nitrogens with zero attached hydrogens (tertiary/aromatic N) is 3. The van der Waals surface area contributed by atoms with Crippen molar-refractivity contribution in [1.29, 1.82) is 0 Å². The zero-order valence-corrected chi connectivity index (χ0v) is 15.1. The Morgan fingerprint density at radius 3 is 2.63 bits per heavy atom. The van der Waals surface area contributed by atoms with Crippen molar-refractivity contribution in [2.75, 3.05) is 5.32 Å². The summed E-state index contributed by atoms with van der Waals surface area (Å²) in [6, 6.07) is 17.5. The van der Waals surface area contributed by atoms with Gasteiger partial charge in [-0.05, 0) is 42.5 Å². The summed E-state index contributed by atoms with van der Waals surface area (Å²) in [5.74, 6) is -0.190. The number of anilines is 1. The van der Waals surface area contributed by atoms with E-state index < -0.39 is 0 Å². The molecule has 0 saturated heterocycles. The second-order valence-corrected chi connectivity index (χ2v) is 6.69. The molecular weight excluding hydrogens is 356 g/mol. The lowest BCUT2D eigenvalue weighted by Gasteiger charge is -2.03. The maximum absolute atomic E-state index is 12.1. The summed E-state index contributed by atoms with van der Waals surface area (Å²) in [5, 5.41) is 10.1.